The summed E-state index contributed by atoms with van der Waals surface area (Å²) in [7, 11) is 0. The second-order valence-electron chi connectivity index (χ2n) is 10.8. The summed E-state index contributed by atoms with van der Waals surface area (Å²) < 4.78 is 5.81. The van der Waals surface area contributed by atoms with E-state index >= 15 is 0 Å². The molecule has 5 saturated carbocycles. The predicted molar refractivity (Wildman–Crippen MR) is 104 cm³/mol. The maximum Gasteiger partial charge on any atom is 0.139 e. The molecular weight excluding hydrogens is 320 g/mol. The van der Waals surface area contributed by atoms with Gasteiger partial charge in [0.1, 0.15) is 5.78 Å². The lowest BCUT2D eigenvalue weighted by molar-refractivity contribution is -0.149. The van der Waals surface area contributed by atoms with E-state index in [9.17, 15) is 4.79 Å². The number of carbonyl (C=O) groups is 1. The maximum atomic E-state index is 12.6. The number of Topliss-reactive ketones (excluding diaryl/α,β-unsaturated/α-hetero) is 1. The summed E-state index contributed by atoms with van der Waals surface area (Å²) in [6.07, 6.45) is 14.8. The first-order valence-electron chi connectivity index (χ1n) is 11.7. The normalized spacial score (nSPS) is 50.8. The van der Waals surface area contributed by atoms with Crippen molar-refractivity contribution in [2.45, 2.75) is 84.5 Å². The van der Waals surface area contributed by atoms with Crippen LogP contribution in [-0.2, 0) is 9.53 Å². The van der Waals surface area contributed by atoms with Gasteiger partial charge in [0.25, 0.3) is 0 Å². The third kappa shape index (κ3) is 2.43. The van der Waals surface area contributed by atoms with Crippen LogP contribution in [0.25, 0.3) is 0 Å². The average Bonchev–Trinajstić information content (AvgIpc) is 3.45. The number of carbonyl (C=O) groups excluding carboxylic acids is 1. The van der Waals surface area contributed by atoms with Crippen molar-refractivity contribution in [2.24, 2.45) is 46.3 Å². The molecular formula is C24H38O2. The van der Waals surface area contributed by atoms with Crippen LogP contribution in [0.4, 0.5) is 0 Å². The van der Waals surface area contributed by atoms with Gasteiger partial charge in [-0.05, 0) is 112 Å². The Bertz CT molecular complexity index is 567. The van der Waals surface area contributed by atoms with E-state index in [1.807, 2.05) is 0 Å². The minimum atomic E-state index is 0.0465. The number of ether oxygens (including phenoxy) is 1. The molecule has 5 rings (SSSR count). The second kappa shape index (κ2) is 6.33. The van der Waals surface area contributed by atoms with Crippen LogP contribution in [0.15, 0.2) is 0 Å². The van der Waals surface area contributed by atoms with Crippen molar-refractivity contribution < 1.29 is 9.53 Å². The van der Waals surface area contributed by atoms with Crippen LogP contribution < -0.4 is 0 Å². The topological polar surface area (TPSA) is 26.3 Å². The second-order valence-corrected chi connectivity index (χ2v) is 10.8. The van der Waals surface area contributed by atoms with Crippen LogP contribution in [0.3, 0.4) is 0 Å². The fourth-order valence-electron chi connectivity index (χ4n) is 8.69. The zero-order valence-electron chi connectivity index (χ0n) is 17.0. The summed E-state index contributed by atoms with van der Waals surface area (Å²) in [6.45, 7) is 6.33. The first-order valence-corrected chi connectivity index (χ1v) is 11.7. The van der Waals surface area contributed by atoms with E-state index in [0.29, 0.717) is 17.1 Å². The first kappa shape index (κ1) is 17.7. The molecule has 0 aromatic rings. The molecule has 0 aromatic heterocycles. The van der Waals surface area contributed by atoms with Crippen molar-refractivity contribution in [3.05, 3.63) is 0 Å². The number of ketones is 1. The molecule has 146 valence electrons. The summed E-state index contributed by atoms with van der Waals surface area (Å²) in [5, 5.41) is 0. The molecule has 5 aliphatic rings. The van der Waals surface area contributed by atoms with Crippen molar-refractivity contribution in [3.63, 3.8) is 0 Å². The smallest absolute Gasteiger partial charge is 0.139 e. The van der Waals surface area contributed by atoms with Crippen LogP contribution in [-0.4, -0.2) is 19.0 Å². The molecule has 5 fully saturated rings. The van der Waals surface area contributed by atoms with E-state index in [-0.39, 0.29) is 5.41 Å². The van der Waals surface area contributed by atoms with E-state index in [0.717, 1.165) is 49.2 Å². The molecule has 0 aliphatic heterocycles. The quantitative estimate of drug-likeness (QED) is 0.650. The van der Waals surface area contributed by atoms with Gasteiger partial charge in [0, 0.05) is 25.0 Å². The summed E-state index contributed by atoms with van der Waals surface area (Å²) in [4.78, 5) is 12.6. The fraction of sp³-hybridized carbons (Fsp3) is 0.958. The molecule has 2 heteroatoms. The minimum Gasteiger partial charge on any atom is -0.381 e. The zero-order chi connectivity index (χ0) is 17.9. The summed E-state index contributed by atoms with van der Waals surface area (Å²) in [5.41, 5.74) is 0.698. The van der Waals surface area contributed by atoms with Gasteiger partial charge in [0.2, 0.25) is 0 Å². The van der Waals surface area contributed by atoms with Gasteiger partial charge in [-0.3, -0.25) is 4.79 Å². The van der Waals surface area contributed by atoms with Crippen molar-refractivity contribution >= 4 is 5.78 Å². The zero-order valence-corrected chi connectivity index (χ0v) is 17.0. The van der Waals surface area contributed by atoms with Crippen LogP contribution in [0.2, 0.25) is 0 Å². The van der Waals surface area contributed by atoms with Crippen LogP contribution in [0.1, 0.15) is 84.5 Å². The van der Waals surface area contributed by atoms with Crippen molar-refractivity contribution in [1.29, 1.82) is 0 Å². The Morgan fingerprint density at radius 3 is 2.54 bits per heavy atom. The van der Waals surface area contributed by atoms with Crippen molar-refractivity contribution in [3.8, 4) is 0 Å². The summed E-state index contributed by atoms with van der Waals surface area (Å²) in [6, 6.07) is 0. The molecule has 0 aromatic carbocycles. The Balaban J connectivity index is 1.41. The summed E-state index contributed by atoms with van der Waals surface area (Å²) in [5.74, 6) is 5.90. The average molecular weight is 359 g/mol. The van der Waals surface area contributed by atoms with E-state index in [2.05, 4.69) is 13.8 Å². The van der Waals surface area contributed by atoms with Gasteiger partial charge < -0.3 is 4.74 Å². The van der Waals surface area contributed by atoms with Crippen LogP contribution >= 0.6 is 0 Å². The fourth-order valence-corrected chi connectivity index (χ4v) is 8.69. The molecule has 7 unspecified atom stereocenters. The Hall–Kier alpha value is -0.370. The molecule has 0 bridgehead atoms. The van der Waals surface area contributed by atoms with Gasteiger partial charge in [0.05, 0.1) is 0 Å². The number of hydrogen-bond donors (Lipinski definition) is 0. The Morgan fingerprint density at radius 1 is 0.962 bits per heavy atom. The Morgan fingerprint density at radius 2 is 1.77 bits per heavy atom. The number of hydrogen-bond acceptors (Lipinski definition) is 2. The van der Waals surface area contributed by atoms with Crippen molar-refractivity contribution in [2.75, 3.05) is 13.2 Å². The molecule has 2 nitrogen and oxygen atoms in total. The highest BCUT2D eigenvalue weighted by molar-refractivity contribution is 5.87. The number of fused-ring (bicyclic) bond motifs is 5. The molecule has 0 saturated heterocycles. The Kier molecular flexibility index (Phi) is 4.31. The van der Waals surface area contributed by atoms with Gasteiger partial charge >= 0.3 is 0 Å². The molecule has 0 amide bonds. The molecule has 0 heterocycles. The molecule has 7 atom stereocenters. The van der Waals surface area contributed by atoms with Crippen molar-refractivity contribution in [1.82, 2.24) is 0 Å². The molecule has 5 aliphatic carbocycles. The highest BCUT2D eigenvalue weighted by Crippen LogP contribution is 2.71. The van der Waals surface area contributed by atoms with E-state index < -0.39 is 0 Å². The highest BCUT2D eigenvalue weighted by atomic mass is 16.5. The van der Waals surface area contributed by atoms with Crippen LogP contribution in [0.5, 0.6) is 0 Å². The molecule has 0 N–H and O–H groups in total. The molecule has 0 radical (unpaired) electrons. The maximum absolute atomic E-state index is 12.6. The molecule has 0 spiro atoms. The standard InChI is InChI=1S/C24H38O2/c1-3-26-15-16-10-13-24(17-4-5-17)18(14-16)6-7-19-20-8-9-22(25)23(20,2)12-11-21(19)24/h16-21H,3-15H2,1-2H3. The predicted octanol–water partition coefficient (Wildman–Crippen LogP) is 5.64. The highest BCUT2D eigenvalue weighted by Gasteiger charge is 2.64. The lowest BCUT2D eigenvalue weighted by Gasteiger charge is -2.62. The van der Waals surface area contributed by atoms with Gasteiger partial charge in [-0.1, -0.05) is 6.92 Å². The number of rotatable bonds is 4. The minimum absolute atomic E-state index is 0.0465. The molecule has 26 heavy (non-hydrogen) atoms. The monoisotopic (exact) mass is 358 g/mol. The third-order valence-corrected chi connectivity index (χ3v) is 9.94. The van der Waals surface area contributed by atoms with E-state index in [4.69, 9.17) is 4.74 Å². The summed E-state index contributed by atoms with van der Waals surface area (Å²) >= 11 is 0. The van der Waals surface area contributed by atoms with E-state index in [1.165, 1.54) is 64.2 Å². The Labute approximate surface area is 159 Å². The van der Waals surface area contributed by atoms with Crippen LogP contribution in [0, 0.1) is 46.3 Å². The van der Waals surface area contributed by atoms with Gasteiger partial charge in [-0.25, -0.2) is 0 Å². The third-order valence-electron chi connectivity index (χ3n) is 9.94. The first-order chi connectivity index (χ1) is 12.6. The largest absolute Gasteiger partial charge is 0.381 e. The lowest BCUT2D eigenvalue weighted by Crippen LogP contribution is -2.55. The van der Waals surface area contributed by atoms with Gasteiger partial charge in [-0.2, -0.15) is 0 Å². The van der Waals surface area contributed by atoms with E-state index in [1.54, 1.807) is 0 Å². The van der Waals surface area contributed by atoms with Gasteiger partial charge in [0.15, 0.2) is 0 Å². The lowest BCUT2D eigenvalue weighted by atomic mass is 9.43. The SMILES string of the molecule is CCOCC1CCC2(C3CC3)C(CCC3C4CCC(=O)C4(C)CCC32)C1. The van der Waals surface area contributed by atoms with Gasteiger partial charge in [-0.15, -0.1) is 0 Å².